The summed E-state index contributed by atoms with van der Waals surface area (Å²) >= 11 is 0. The highest BCUT2D eigenvalue weighted by Crippen LogP contribution is 2.29. The number of esters is 2. The highest BCUT2D eigenvalue weighted by atomic mass is 16.6. The maximum absolute atomic E-state index is 12.1. The molecule has 2 unspecified atom stereocenters. The van der Waals surface area contributed by atoms with Crippen molar-refractivity contribution in [1.29, 1.82) is 0 Å². The monoisotopic (exact) mass is 633 g/mol. The Kier molecular flexibility index (Phi) is 28.1. The largest absolute Gasteiger partial charge is 0.462 e. The first-order valence-corrected chi connectivity index (χ1v) is 18.7. The van der Waals surface area contributed by atoms with E-state index in [2.05, 4.69) is 50.3 Å². The van der Waals surface area contributed by atoms with Gasteiger partial charge in [-0.2, -0.15) is 0 Å². The van der Waals surface area contributed by atoms with Gasteiger partial charge >= 0.3 is 11.9 Å². The number of allylic oxidation sites excluding steroid dienone is 4. The molecule has 6 nitrogen and oxygen atoms in total. The summed E-state index contributed by atoms with van der Waals surface area (Å²) < 4.78 is 16.3. The molecule has 1 N–H and O–H groups in total. The molecule has 3 atom stereocenters. The molecule has 45 heavy (non-hydrogen) atoms. The minimum Gasteiger partial charge on any atom is -0.462 e. The predicted molar refractivity (Wildman–Crippen MR) is 186 cm³/mol. The SMILES string of the molecule is CCCCC/C=C\CC1OC1C/C=C\C/C=C\CCCC(=O)OC[C@H](CO)OC(=O)CCCCCCCCCCCCCCC. The number of aliphatic hydroxyl groups is 1. The molecule has 1 heterocycles. The third kappa shape index (κ3) is 27.0. The molecule has 1 aliphatic rings. The van der Waals surface area contributed by atoms with E-state index in [4.69, 9.17) is 14.2 Å². The van der Waals surface area contributed by atoms with Gasteiger partial charge in [-0.05, 0) is 51.4 Å². The molecule has 0 bridgehead atoms. The van der Waals surface area contributed by atoms with Crippen molar-refractivity contribution in [2.45, 2.75) is 186 Å². The number of ether oxygens (including phenoxy) is 3. The molecule has 6 heteroatoms. The molecule has 0 aromatic heterocycles. The topological polar surface area (TPSA) is 85.4 Å². The number of carbonyl (C=O) groups is 2. The molecule has 0 spiro atoms. The van der Waals surface area contributed by atoms with Crippen LogP contribution >= 0.6 is 0 Å². The lowest BCUT2D eigenvalue weighted by atomic mass is 10.0. The standard InChI is InChI=1S/C39H68O6/c1-3-5-7-9-11-12-13-14-15-16-19-24-28-32-39(42)44-35(33-40)34-43-38(41)31-27-23-20-17-18-22-26-30-37-36(45-37)29-25-21-10-8-6-4-2/h17,20-22,25-26,35-37,40H,3-16,18-19,23-24,27-34H2,1-2H3/b20-17-,25-21-,26-22-/t35-,36?,37?/m0/s1. The van der Waals surface area contributed by atoms with Crippen LogP contribution in [-0.2, 0) is 23.8 Å². The van der Waals surface area contributed by atoms with Gasteiger partial charge in [0, 0.05) is 12.8 Å². The molecule has 0 aromatic rings. The lowest BCUT2D eigenvalue weighted by Gasteiger charge is -2.15. The van der Waals surface area contributed by atoms with Crippen LogP contribution < -0.4 is 0 Å². The molecule has 0 radical (unpaired) electrons. The Hall–Kier alpha value is -1.92. The maximum Gasteiger partial charge on any atom is 0.306 e. The Labute approximate surface area is 276 Å². The van der Waals surface area contributed by atoms with Gasteiger partial charge in [0.15, 0.2) is 6.10 Å². The number of hydrogen-bond donors (Lipinski definition) is 1. The predicted octanol–water partition coefficient (Wildman–Crippen LogP) is 10.3. The van der Waals surface area contributed by atoms with Crippen molar-refractivity contribution in [2.75, 3.05) is 13.2 Å². The van der Waals surface area contributed by atoms with Crippen LogP contribution in [0, 0.1) is 0 Å². The summed E-state index contributed by atoms with van der Waals surface area (Å²) in [5.41, 5.74) is 0. The molecule has 0 amide bonds. The van der Waals surface area contributed by atoms with E-state index in [1.54, 1.807) is 0 Å². The normalized spacial score (nSPS) is 17.0. The number of carbonyl (C=O) groups excluding carboxylic acids is 2. The minimum absolute atomic E-state index is 0.0961. The van der Waals surface area contributed by atoms with Gasteiger partial charge in [0.1, 0.15) is 6.61 Å². The van der Waals surface area contributed by atoms with Crippen molar-refractivity contribution < 1.29 is 28.9 Å². The van der Waals surface area contributed by atoms with E-state index < -0.39 is 6.10 Å². The Balaban J connectivity index is 1.94. The summed E-state index contributed by atoms with van der Waals surface area (Å²) in [5, 5.41) is 9.53. The smallest absolute Gasteiger partial charge is 0.306 e. The van der Waals surface area contributed by atoms with Gasteiger partial charge in [-0.1, -0.05) is 140 Å². The summed E-state index contributed by atoms with van der Waals surface area (Å²) in [5.74, 6) is -0.661. The first-order chi connectivity index (χ1) is 22.1. The van der Waals surface area contributed by atoms with Crippen LogP contribution in [0.5, 0.6) is 0 Å². The fraction of sp³-hybridized carbons (Fsp3) is 0.795. The van der Waals surface area contributed by atoms with E-state index in [9.17, 15) is 14.7 Å². The zero-order valence-corrected chi connectivity index (χ0v) is 29.1. The Morgan fingerprint density at radius 3 is 1.73 bits per heavy atom. The molecule has 1 fully saturated rings. The van der Waals surface area contributed by atoms with E-state index in [-0.39, 0.29) is 25.2 Å². The molecule has 0 saturated carbocycles. The Morgan fingerprint density at radius 2 is 1.11 bits per heavy atom. The van der Waals surface area contributed by atoms with Crippen molar-refractivity contribution in [3.8, 4) is 0 Å². The second-order valence-corrected chi connectivity index (χ2v) is 12.7. The van der Waals surface area contributed by atoms with Gasteiger partial charge in [0.05, 0.1) is 18.8 Å². The van der Waals surface area contributed by atoms with Crippen molar-refractivity contribution in [1.82, 2.24) is 0 Å². The first kappa shape index (κ1) is 41.1. The molecule has 0 aliphatic carbocycles. The van der Waals surface area contributed by atoms with Crippen LogP contribution in [0.1, 0.15) is 168 Å². The molecular weight excluding hydrogens is 564 g/mol. The quantitative estimate of drug-likeness (QED) is 0.0344. The number of hydrogen-bond acceptors (Lipinski definition) is 6. The van der Waals surface area contributed by atoms with Crippen molar-refractivity contribution >= 4 is 11.9 Å². The average molecular weight is 633 g/mol. The van der Waals surface area contributed by atoms with Gasteiger partial charge < -0.3 is 19.3 Å². The molecule has 1 rings (SSSR count). The summed E-state index contributed by atoms with van der Waals surface area (Å²) in [4.78, 5) is 24.2. The van der Waals surface area contributed by atoms with Crippen molar-refractivity contribution in [3.63, 3.8) is 0 Å². The molecule has 1 saturated heterocycles. The van der Waals surface area contributed by atoms with Crippen LogP contribution in [0.4, 0.5) is 0 Å². The third-order valence-electron chi connectivity index (χ3n) is 8.34. The number of aliphatic hydroxyl groups excluding tert-OH is 1. The lowest BCUT2D eigenvalue weighted by molar-refractivity contribution is -0.161. The highest BCUT2D eigenvalue weighted by molar-refractivity contribution is 5.70. The van der Waals surface area contributed by atoms with Gasteiger partial charge in [-0.25, -0.2) is 0 Å². The van der Waals surface area contributed by atoms with Gasteiger partial charge in [-0.15, -0.1) is 0 Å². The van der Waals surface area contributed by atoms with E-state index in [1.807, 2.05) is 0 Å². The van der Waals surface area contributed by atoms with Gasteiger partial charge in [-0.3, -0.25) is 9.59 Å². The highest BCUT2D eigenvalue weighted by Gasteiger charge is 2.35. The van der Waals surface area contributed by atoms with Crippen LogP contribution in [0.15, 0.2) is 36.5 Å². The second-order valence-electron chi connectivity index (χ2n) is 12.7. The van der Waals surface area contributed by atoms with Crippen molar-refractivity contribution in [2.24, 2.45) is 0 Å². The first-order valence-electron chi connectivity index (χ1n) is 18.7. The van der Waals surface area contributed by atoms with Crippen molar-refractivity contribution in [3.05, 3.63) is 36.5 Å². The summed E-state index contributed by atoms with van der Waals surface area (Å²) in [6.07, 6.45) is 39.5. The lowest BCUT2D eigenvalue weighted by Crippen LogP contribution is -2.28. The van der Waals surface area contributed by atoms with Gasteiger partial charge in [0.2, 0.25) is 0 Å². The minimum atomic E-state index is -0.793. The summed E-state index contributed by atoms with van der Waals surface area (Å²) in [7, 11) is 0. The molecule has 1 aliphatic heterocycles. The Bertz CT molecular complexity index is 788. The van der Waals surface area contributed by atoms with E-state index >= 15 is 0 Å². The van der Waals surface area contributed by atoms with Gasteiger partial charge in [0.25, 0.3) is 0 Å². The molecular formula is C39H68O6. The average Bonchev–Trinajstić information content (AvgIpc) is 3.80. The fourth-order valence-corrected chi connectivity index (χ4v) is 5.35. The van der Waals surface area contributed by atoms with E-state index in [0.29, 0.717) is 31.5 Å². The number of unbranched alkanes of at least 4 members (excludes halogenated alkanes) is 16. The third-order valence-corrected chi connectivity index (χ3v) is 8.34. The second kappa shape index (κ2) is 30.7. The molecule has 260 valence electrons. The zero-order valence-electron chi connectivity index (χ0n) is 29.1. The number of epoxide rings is 1. The zero-order chi connectivity index (χ0) is 32.6. The van der Waals surface area contributed by atoms with E-state index in [1.165, 1.54) is 89.9 Å². The summed E-state index contributed by atoms with van der Waals surface area (Å²) in [6, 6.07) is 0. The van der Waals surface area contributed by atoms with Crippen LogP contribution in [0.3, 0.4) is 0 Å². The molecule has 0 aromatic carbocycles. The van der Waals surface area contributed by atoms with Crippen LogP contribution in [0.25, 0.3) is 0 Å². The maximum atomic E-state index is 12.1. The fourth-order valence-electron chi connectivity index (χ4n) is 5.35. The summed E-state index contributed by atoms with van der Waals surface area (Å²) in [6.45, 7) is 4.04. The van der Waals surface area contributed by atoms with Crippen LogP contribution in [0.2, 0.25) is 0 Å². The van der Waals surface area contributed by atoms with E-state index in [0.717, 1.165) is 44.9 Å². The number of rotatable bonds is 32. The Morgan fingerprint density at radius 1 is 0.622 bits per heavy atom. The van der Waals surface area contributed by atoms with Crippen LogP contribution in [-0.4, -0.2) is 48.6 Å².